The Morgan fingerprint density at radius 2 is 2.00 bits per heavy atom. The second kappa shape index (κ2) is 8.26. The molecule has 0 aliphatic carbocycles. The van der Waals surface area contributed by atoms with Gasteiger partial charge in [-0.2, -0.15) is 0 Å². The third-order valence-corrected chi connectivity index (χ3v) is 4.94. The molecule has 1 atom stereocenters. The van der Waals surface area contributed by atoms with Gasteiger partial charge in [0.25, 0.3) is 0 Å². The van der Waals surface area contributed by atoms with Gasteiger partial charge in [0.15, 0.2) is 5.82 Å². The van der Waals surface area contributed by atoms with E-state index in [2.05, 4.69) is 21.2 Å². The summed E-state index contributed by atoms with van der Waals surface area (Å²) in [5.41, 5.74) is 1.51. The van der Waals surface area contributed by atoms with Crippen LogP contribution >= 0.6 is 15.9 Å². The van der Waals surface area contributed by atoms with Crippen LogP contribution in [-0.2, 0) is 9.59 Å². The van der Waals surface area contributed by atoms with E-state index in [9.17, 15) is 18.4 Å². The largest absolute Gasteiger partial charge is 0.487 e. The summed E-state index contributed by atoms with van der Waals surface area (Å²) < 4.78 is 32.8. The van der Waals surface area contributed by atoms with Crippen LogP contribution in [0.2, 0.25) is 0 Å². The van der Waals surface area contributed by atoms with E-state index < -0.39 is 17.5 Å². The zero-order valence-corrected chi connectivity index (χ0v) is 17.0. The highest BCUT2D eigenvalue weighted by Crippen LogP contribution is 2.34. The van der Waals surface area contributed by atoms with Crippen LogP contribution in [0.1, 0.15) is 25.3 Å². The number of anilines is 2. The number of fused-ring (bicyclic) bond motifs is 1. The number of hydrogen-bond donors (Lipinski definition) is 1. The van der Waals surface area contributed by atoms with Crippen molar-refractivity contribution in [3.8, 4) is 5.75 Å². The summed E-state index contributed by atoms with van der Waals surface area (Å²) in [6.45, 7) is 4.17. The lowest BCUT2D eigenvalue weighted by Gasteiger charge is -2.33. The normalized spacial score (nSPS) is 15.6. The zero-order chi connectivity index (χ0) is 20.4. The van der Waals surface area contributed by atoms with E-state index in [1.54, 1.807) is 4.90 Å². The van der Waals surface area contributed by atoms with Crippen molar-refractivity contribution in [1.82, 2.24) is 0 Å². The quantitative estimate of drug-likeness (QED) is 0.738. The molecule has 3 rings (SSSR count). The van der Waals surface area contributed by atoms with E-state index in [1.165, 1.54) is 0 Å². The van der Waals surface area contributed by atoms with Gasteiger partial charge in [0.1, 0.15) is 17.7 Å². The van der Waals surface area contributed by atoms with E-state index >= 15 is 0 Å². The third-order valence-electron chi connectivity index (χ3n) is 4.31. The highest BCUT2D eigenvalue weighted by molar-refractivity contribution is 9.10. The van der Waals surface area contributed by atoms with Gasteiger partial charge in [0.05, 0.1) is 17.9 Å². The van der Waals surface area contributed by atoms with Gasteiger partial charge >= 0.3 is 0 Å². The van der Waals surface area contributed by atoms with Gasteiger partial charge in [-0.15, -0.1) is 0 Å². The van der Waals surface area contributed by atoms with Crippen molar-refractivity contribution < 1.29 is 23.1 Å². The molecule has 0 spiro atoms. The Labute approximate surface area is 169 Å². The van der Waals surface area contributed by atoms with Crippen molar-refractivity contribution >= 4 is 39.1 Å². The number of benzene rings is 2. The molecule has 1 heterocycles. The van der Waals surface area contributed by atoms with Crippen molar-refractivity contribution in [2.75, 3.05) is 16.8 Å². The van der Waals surface area contributed by atoms with Gasteiger partial charge in [-0.3, -0.25) is 9.59 Å². The molecule has 0 radical (unpaired) electrons. The standard InChI is InChI=1S/C20H19BrF2N2O3/c1-11-3-4-17-16(7-11)25(10-12(2)28-17)19(27)6-5-18(26)24-20-14(21)8-13(22)9-15(20)23/h3-4,7-9,12H,5-6,10H2,1-2H3,(H,24,26). The molecule has 0 fully saturated rings. The van der Waals surface area contributed by atoms with Crippen LogP contribution in [0.15, 0.2) is 34.8 Å². The molecule has 2 aromatic carbocycles. The van der Waals surface area contributed by atoms with Crippen LogP contribution in [-0.4, -0.2) is 24.5 Å². The number of aryl methyl sites for hydroxylation is 1. The molecule has 0 aromatic heterocycles. The molecule has 1 unspecified atom stereocenters. The Morgan fingerprint density at radius 3 is 2.71 bits per heavy atom. The number of ether oxygens (including phenoxy) is 1. The minimum atomic E-state index is -0.891. The monoisotopic (exact) mass is 452 g/mol. The van der Waals surface area contributed by atoms with Crippen molar-refractivity contribution in [2.24, 2.45) is 0 Å². The first kappa shape index (κ1) is 20.3. The summed E-state index contributed by atoms with van der Waals surface area (Å²) >= 11 is 3.02. The lowest BCUT2D eigenvalue weighted by atomic mass is 10.1. The molecule has 0 saturated carbocycles. The molecule has 8 heteroatoms. The Hall–Kier alpha value is -2.48. The number of nitrogens with zero attached hydrogens (tertiary/aromatic N) is 1. The van der Waals surface area contributed by atoms with Crippen LogP contribution < -0.4 is 15.0 Å². The molecule has 1 aliphatic rings. The SMILES string of the molecule is Cc1ccc2c(c1)N(C(=O)CCC(=O)Nc1c(F)cc(F)cc1Br)CC(C)O2. The second-order valence-electron chi connectivity index (χ2n) is 6.70. The first-order valence-corrected chi connectivity index (χ1v) is 9.56. The lowest BCUT2D eigenvalue weighted by Crippen LogP contribution is -2.42. The maximum Gasteiger partial charge on any atom is 0.227 e. The van der Waals surface area contributed by atoms with Gasteiger partial charge in [-0.1, -0.05) is 6.07 Å². The molecular formula is C20H19BrF2N2O3. The fourth-order valence-electron chi connectivity index (χ4n) is 3.00. The van der Waals surface area contributed by atoms with Gasteiger partial charge in [-0.05, 0) is 53.5 Å². The summed E-state index contributed by atoms with van der Waals surface area (Å²) in [6.07, 6.45) is -0.348. The predicted molar refractivity (Wildman–Crippen MR) is 106 cm³/mol. The molecular weight excluding hydrogens is 434 g/mol. The van der Waals surface area contributed by atoms with Gasteiger partial charge in [0, 0.05) is 23.4 Å². The van der Waals surface area contributed by atoms with Crippen LogP contribution in [0.3, 0.4) is 0 Å². The number of hydrogen-bond acceptors (Lipinski definition) is 3. The number of rotatable bonds is 4. The topological polar surface area (TPSA) is 58.6 Å². The molecule has 5 nitrogen and oxygen atoms in total. The summed E-state index contributed by atoms with van der Waals surface area (Å²) in [4.78, 5) is 26.5. The van der Waals surface area contributed by atoms with Crippen molar-refractivity contribution in [3.63, 3.8) is 0 Å². The number of carbonyl (C=O) groups is 2. The summed E-state index contributed by atoms with van der Waals surface area (Å²) in [5, 5.41) is 2.38. The molecule has 148 valence electrons. The molecule has 0 bridgehead atoms. The number of carbonyl (C=O) groups excluding carboxylic acids is 2. The van der Waals surface area contributed by atoms with E-state index in [0.717, 1.165) is 11.6 Å². The molecule has 1 aliphatic heterocycles. The van der Waals surface area contributed by atoms with E-state index in [0.29, 0.717) is 24.0 Å². The predicted octanol–water partition coefficient (Wildman–Crippen LogP) is 4.57. The van der Waals surface area contributed by atoms with Gasteiger partial charge in [-0.25, -0.2) is 8.78 Å². The highest BCUT2D eigenvalue weighted by atomic mass is 79.9. The molecule has 2 amide bonds. The Kier molecular flexibility index (Phi) is 5.98. The van der Waals surface area contributed by atoms with E-state index in [4.69, 9.17) is 4.74 Å². The smallest absolute Gasteiger partial charge is 0.227 e. The van der Waals surface area contributed by atoms with Crippen LogP contribution in [0.4, 0.5) is 20.2 Å². The van der Waals surface area contributed by atoms with Crippen molar-refractivity contribution in [2.45, 2.75) is 32.8 Å². The molecule has 2 aromatic rings. The first-order chi connectivity index (χ1) is 13.2. The minimum Gasteiger partial charge on any atom is -0.487 e. The lowest BCUT2D eigenvalue weighted by molar-refractivity contribution is -0.122. The minimum absolute atomic E-state index is 0.0492. The van der Waals surface area contributed by atoms with E-state index in [1.807, 2.05) is 32.0 Å². The molecule has 0 saturated heterocycles. The fourth-order valence-corrected chi connectivity index (χ4v) is 3.51. The van der Waals surface area contributed by atoms with Gasteiger partial charge in [0.2, 0.25) is 11.8 Å². The zero-order valence-electron chi connectivity index (χ0n) is 15.4. The third kappa shape index (κ3) is 4.49. The summed E-state index contributed by atoms with van der Waals surface area (Å²) in [7, 11) is 0. The number of halogens is 3. The van der Waals surface area contributed by atoms with Crippen LogP contribution in [0, 0.1) is 18.6 Å². The maximum atomic E-state index is 13.8. The average molecular weight is 453 g/mol. The Morgan fingerprint density at radius 1 is 1.25 bits per heavy atom. The second-order valence-corrected chi connectivity index (χ2v) is 7.55. The Balaban J connectivity index is 1.66. The first-order valence-electron chi connectivity index (χ1n) is 8.76. The Bertz CT molecular complexity index is 913. The van der Waals surface area contributed by atoms with Crippen LogP contribution in [0.25, 0.3) is 0 Å². The molecule has 1 N–H and O–H groups in total. The maximum absolute atomic E-state index is 13.8. The average Bonchev–Trinajstić information content (AvgIpc) is 2.62. The summed E-state index contributed by atoms with van der Waals surface area (Å²) in [6, 6.07) is 7.33. The van der Waals surface area contributed by atoms with Crippen LogP contribution in [0.5, 0.6) is 5.75 Å². The number of nitrogens with one attached hydrogen (secondary N) is 1. The fraction of sp³-hybridized carbons (Fsp3) is 0.300. The van der Waals surface area contributed by atoms with Crippen molar-refractivity contribution in [1.29, 1.82) is 0 Å². The number of amides is 2. The highest BCUT2D eigenvalue weighted by Gasteiger charge is 2.28. The molecule has 28 heavy (non-hydrogen) atoms. The van der Waals surface area contributed by atoms with Gasteiger partial charge < -0.3 is 15.0 Å². The van der Waals surface area contributed by atoms with E-state index in [-0.39, 0.29) is 35.0 Å². The van der Waals surface area contributed by atoms with Crippen molar-refractivity contribution in [3.05, 3.63) is 52.0 Å². The summed E-state index contributed by atoms with van der Waals surface area (Å²) in [5.74, 6) is -1.79.